The van der Waals surface area contributed by atoms with Crippen LogP contribution in [0.25, 0.3) is 0 Å². The van der Waals surface area contributed by atoms with E-state index in [4.69, 9.17) is 5.73 Å². The number of hydrogen-bond acceptors (Lipinski definition) is 4. The highest BCUT2D eigenvalue weighted by atomic mass is 19.4. The van der Waals surface area contributed by atoms with E-state index >= 15 is 0 Å². The molecule has 0 saturated carbocycles. The van der Waals surface area contributed by atoms with Gasteiger partial charge in [0.25, 0.3) is 5.91 Å². The highest BCUT2D eigenvalue weighted by Crippen LogP contribution is 2.24. The fourth-order valence-electron chi connectivity index (χ4n) is 2.34. The van der Waals surface area contributed by atoms with Crippen molar-refractivity contribution in [3.63, 3.8) is 0 Å². The minimum atomic E-state index is -4.86. The number of anilines is 1. The number of hydrogen-bond donors (Lipinski definition) is 2. The number of benzene rings is 2. The Bertz CT molecular complexity index is 834. The molecule has 9 heteroatoms. The van der Waals surface area contributed by atoms with Gasteiger partial charge >= 0.3 is 6.18 Å². The van der Waals surface area contributed by atoms with Crippen LogP contribution >= 0.6 is 0 Å². The van der Waals surface area contributed by atoms with Crippen LogP contribution in [0, 0.1) is 5.82 Å². The largest absolute Gasteiger partial charge is 0.414 e. The third-order valence-corrected chi connectivity index (χ3v) is 3.88. The minimum absolute atomic E-state index is 0.0655. The topological polar surface area (TPSA) is 78.9 Å². The molecule has 0 aliphatic heterocycles. The van der Waals surface area contributed by atoms with E-state index in [1.807, 2.05) is 0 Å². The normalized spacial score (nSPS) is 13.3. The molecule has 0 saturated heterocycles. The molecule has 0 heterocycles. The van der Waals surface area contributed by atoms with Crippen LogP contribution in [0.1, 0.15) is 29.3 Å². The molecule has 3 N–H and O–H groups in total. The van der Waals surface area contributed by atoms with Gasteiger partial charge in [-0.15, -0.1) is 0 Å². The first-order valence-electron chi connectivity index (χ1n) is 8.37. The van der Waals surface area contributed by atoms with Crippen LogP contribution in [0.3, 0.4) is 0 Å². The van der Waals surface area contributed by atoms with Gasteiger partial charge in [0.05, 0.1) is 5.71 Å². The molecular weight excluding hydrogens is 378 g/mol. The molecule has 5 nitrogen and oxygen atoms in total. The van der Waals surface area contributed by atoms with Crippen LogP contribution in [-0.4, -0.2) is 40.6 Å². The molecule has 1 unspecified atom stereocenters. The number of nitrogen functional groups attached to an aromatic ring is 1. The summed E-state index contributed by atoms with van der Waals surface area (Å²) in [6.45, 7) is 1.66. The molecule has 0 bridgehead atoms. The molecule has 2 rings (SSSR count). The van der Waals surface area contributed by atoms with Gasteiger partial charge in [0.2, 0.25) is 0 Å². The monoisotopic (exact) mass is 397 g/mol. The second-order valence-corrected chi connectivity index (χ2v) is 5.96. The first-order valence-corrected chi connectivity index (χ1v) is 8.37. The molecule has 0 fully saturated rings. The second-order valence-electron chi connectivity index (χ2n) is 5.96. The van der Waals surface area contributed by atoms with Gasteiger partial charge in [-0.2, -0.15) is 18.3 Å². The van der Waals surface area contributed by atoms with Crippen molar-refractivity contribution < 1.29 is 27.5 Å². The maximum absolute atomic E-state index is 13.2. The van der Waals surface area contributed by atoms with Gasteiger partial charge in [-0.1, -0.05) is 12.1 Å². The molecule has 1 amide bonds. The van der Waals surface area contributed by atoms with Gasteiger partial charge in [-0.3, -0.25) is 4.79 Å². The number of carbonyl (C=O) groups is 1. The summed E-state index contributed by atoms with van der Waals surface area (Å²) < 4.78 is 51.6. The van der Waals surface area contributed by atoms with E-state index in [0.29, 0.717) is 5.69 Å². The van der Waals surface area contributed by atoms with Crippen LogP contribution < -0.4 is 5.73 Å². The van der Waals surface area contributed by atoms with Gasteiger partial charge in [0.15, 0.2) is 6.10 Å². The Balaban J connectivity index is 2.40. The van der Waals surface area contributed by atoms with Crippen LogP contribution in [0.2, 0.25) is 0 Å². The smallest absolute Gasteiger partial charge is 0.399 e. The molecule has 0 spiro atoms. The van der Waals surface area contributed by atoms with E-state index in [9.17, 15) is 27.5 Å². The summed E-state index contributed by atoms with van der Waals surface area (Å²) in [6.07, 6.45) is -8.43. The lowest BCUT2D eigenvalue weighted by atomic mass is 10.0. The lowest BCUT2D eigenvalue weighted by Crippen LogP contribution is -2.33. The van der Waals surface area contributed by atoms with Crippen LogP contribution in [0.5, 0.6) is 0 Å². The van der Waals surface area contributed by atoms with Crippen LogP contribution in [0.4, 0.5) is 23.2 Å². The third kappa shape index (κ3) is 5.53. The molecular formula is C19H19F4N3O2. The zero-order chi connectivity index (χ0) is 20.9. The second kappa shape index (κ2) is 8.83. The summed E-state index contributed by atoms with van der Waals surface area (Å²) in [4.78, 5) is 12.6. The Kier molecular flexibility index (Phi) is 6.74. The molecule has 0 radical (unpaired) electrons. The number of halogens is 4. The highest BCUT2D eigenvalue weighted by molar-refractivity contribution is 6.02. The number of amides is 1. The molecule has 0 aliphatic rings. The number of alkyl halides is 3. The molecule has 0 aromatic heterocycles. The Labute approximate surface area is 159 Å². The Morgan fingerprint density at radius 3 is 2.14 bits per heavy atom. The number of rotatable bonds is 6. The van der Waals surface area contributed by atoms with Gasteiger partial charge < -0.3 is 10.8 Å². The molecule has 0 aliphatic carbocycles. The maximum Gasteiger partial charge on any atom is 0.414 e. The fourth-order valence-corrected chi connectivity index (χ4v) is 2.34. The lowest BCUT2D eigenvalue weighted by molar-refractivity contribution is -0.201. The average Bonchev–Trinajstić information content (AvgIpc) is 2.65. The Hall–Kier alpha value is -2.94. The van der Waals surface area contributed by atoms with Gasteiger partial charge in [-0.25, -0.2) is 9.40 Å². The van der Waals surface area contributed by atoms with Crippen molar-refractivity contribution in [2.24, 2.45) is 5.10 Å². The number of nitrogens with two attached hydrogens (primary N) is 1. The van der Waals surface area contributed by atoms with Crippen molar-refractivity contribution in [1.82, 2.24) is 5.01 Å². The summed E-state index contributed by atoms with van der Waals surface area (Å²) in [6, 6.07) is 10.6. The molecule has 2 aromatic rings. The number of nitrogens with zero attached hydrogens (tertiary/aromatic N) is 2. The Morgan fingerprint density at radius 1 is 1.11 bits per heavy atom. The zero-order valence-electron chi connectivity index (χ0n) is 14.9. The summed E-state index contributed by atoms with van der Waals surface area (Å²) in [5.41, 5.74) is 6.24. The van der Waals surface area contributed by atoms with Crippen molar-refractivity contribution in [3.8, 4) is 0 Å². The van der Waals surface area contributed by atoms with E-state index in [-0.39, 0.29) is 23.4 Å². The maximum atomic E-state index is 13.2. The van der Waals surface area contributed by atoms with Crippen molar-refractivity contribution in [1.29, 1.82) is 0 Å². The SMILES string of the molecule is CCN(/N=C(\CC(O)C(F)(F)F)c1ccc(F)cc1)C(=O)c1ccc(N)cc1. The van der Waals surface area contributed by atoms with E-state index < -0.39 is 30.4 Å². The van der Waals surface area contributed by atoms with Crippen LogP contribution in [-0.2, 0) is 0 Å². The van der Waals surface area contributed by atoms with E-state index in [1.165, 1.54) is 36.4 Å². The van der Waals surface area contributed by atoms with Crippen molar-refractivity contribution >= 4 is 17.3 Å². The fraction of sp³-hybridized carbons (Fsp3) is 0.263. The molecule has 1 atom stereocenters. The summed E-state index contributed by atoms with van der Waals surface area (Å²) in [5, 5.41) is 14.5. The summed E-state index contributed by atoms with van der Waals surface area (Å²) in [5.74, 6) is -1.13. The summed E-state index contributed by atoms with van der Waals surface area (Å²) in [7, 11) is 0. The standard InChI is InChI=1S/C19H19F4N3O2/c1-2-26(18(28)13-5-9-15(24)10-6-13)25-16(11-17(27)19(21,22)23)12-3-7-14(20)8-4-12/h3-10,17,27H,2,11,24H2,1H3/b25-16+. The van der Waals surface area contributed by atoms with Crippen LogP contribution in [0.15, 0.2) is 53.6 Å². The number of aliphatic hydroxyl groups excluding tert-OH is 1. The van der Waals surface area contributed by atoms with Gasteiger partial charge in [-0.05, 0) is 48.9 Å². The predicted molar refractivity (Wildman–Crippen MR) is 97.2 cm³/mol. The number of aliphatic hydroxyl groups is 1. The number of carbonyl (C=O) groups excluding carboxylic acids is 1. The Morgan fingerprint density at radius 2 is 1.64 bits per heavy atom. The van der Waals surface area contributed by atoms with Crippen molar-refractivity contribution in [2.45, 2.75) is 25.6 Å². The zero-order valence-corrected chi connectivity index (χ0v) is 14.9. The molecule has 28 heavy (non-hydrogen) atoms. The first kappa shape index (κ1) is 21.4. The van der Waals surface area contributed by atoms with Gasteiger partial charge in [0.1, 0.15) is 5.82 Å². The first-order chi connectivity index (χ1) is 13.1. The number of hydrazone groups is 1. The average molecular weight is 397 g/mol. The molecule has 150 valence electrons. The van der Waals surface area contributed by atoms with Gasteiger partial charge in [0, 0.05) is 24.2 Å². The third-order valence-electron chi connectivity index (χ3n) is 3.88. The van der Waals surface area contributed by atoms with Crippen molar-refractivity contribution in [2.75, 3.05) is 12.3 Å². The van der Waals surface area contributed by atoms with E-state index in [0.717, 1.165) is 17.1 Å². The predicted octanol–water partition coefficient (Wildman–Crippen LogP) is 3.59. The summed E-state index contributed by atoms with van der Waals surface area (Å²) >= 11 is 0. The van der Waals surface area contributed by atoms with E-state index in [2.05, 4.69) is 5.10 Å². The minimum Gasteiger partial charge on any atom is -0.399 e. The molecule has 2 aromatic carbocycles. The van der Waals surface area contributed by atoms with E-state index in [1.54, 1.807) is 6.92 Å². The highest BCUT2D eigenvalue weighted by Gasteiger charge is 2.39. The lowest BCUT2D eigenvalue weighted by Gasteiger charge is -2.20. The van der Waals surface area contributed by atoms with Crippen molar-refractivity contribution in [3.05, 3.63) is 65.5 Å². The quantitative estimate of drug-likeness (QED) is 0.338.